The fourth-order valence-electron chi connectivity index (χ4n) is 2.12. The molecule has 0 aliphatic rings. The third kappa shape index (κ3) is 5.61. The molecule has 7 heteroatoms. The number of carbonyl (C=O) groups is 1. The van der Waals surface area contributed by atoms with Crippen LogP contribution >= 0.6 is 0 Å². The number of nitrogens with one attached hydrogen (secondary N) is 2. The van der Waals surface area contributed by atoms with Crippen molar-refractivity contribution in [2.45, 2.75) is 26.7 Å². The largest absolute Gasteiger partial charge is 0.490 e. The van der Waals surface area contributed by atoms with E-state index in [-0.39, 0.29) is 5.69 Å². The van der Waals surface area contributed by atoms with Crippen LogP contribution < -0.4 is 20.1 Å². The van der Waals surface area contributed by atoms with Gasteiger partial charge in [-0.15, -0.1) is 0 Å². The molecule has 0 saturated heterocycles. The highest BCUT2D eigenvalue weighted by Gasteiger charge is 2.11. The summed E-state index contributed by atoms with van der Waals surface area (Å²) in [5.74, 6) is -0.453. The van der Waals surface area contributed by atoms with Crippen molar-refractivity contribution in [3.8, 4) is 11.5 Å². The molecule has 5 nitrogen and oxygen atoms in total. The summed E-state index contributed by atoms with van der Waals surface area (Å²) in [5, 5.41) is 4.92. The molecule has 0 unspecified atom stereocenters. The van der Waals surface area contributed by atoms with Crippen LogP contribution in [0, 0.1) is 11.6 Å². The number of hydrogen-bond acceptors (Lipinski definition) is 3. The zero-order valence-corrected chi connectivity index (χ0v) is 14.8. The van der Waals surface area contributed by atoms with Gasteiger partial charge in [0.2, 0.25) is 0 Å². The zero-order chi connectivity index (χ0) is 18.9. The van der Waals surface area contributed by atoms with Crippen LogP contribution in [0.25, 0.3) is 0 Å². The summed E-state index contributed by atoms with van der Waals surface area (Å²) in [6.45, 7) is 5.05. The number of urea groups is 1. The third-order valence-corrected chi connectivity index (χ3v) is 3.30. The Morgan fingerprint density at radius 1 is 0.923 bits per heavy atom. The van der Waals surface area contributed by atoms with Crippen LogP contribution in [0.5, 0.6) is 11.5 Å². The van der Waals surface area contributed by atoms with Gasteiger partial charge < -0.3 is 20.1 Å². The lowest BCUT2D eigenvalue weighted by Gasteiger charge is -2.14. The van der Waals surface area contributed by atoms with Crippen LogP contribution in [0.2, 0.25) is 0 Å². The molecule has 0 bridgehead atoms. The number of halogens is 2. The van der Waals surface area contributed by atoms with Crippen LogP contribution in [-0.4, -0.2) is 19.2 Å². The molecule has 0 aromatic heterocycles. The van der Waals surface area contributed by atoms with Crippen molar-refractivity contribution < 1.29 is 23.0 Å². The first kappa shape index (κ1) is 19.5. The van der Waals surface area contributed by atoms with Crippen molar-refractivity contribution in [1.29, 1.82) is 0 Å². The first-order chi connectivity index (χ1) is 12.5. The van der Waals surface area contributed by atoms with Gasteiger partial charge in [-0.1, -0.05) is 13.8 Å². The molecule has 140 valence electrons. The Kier molecular flexibility index (Phi) is 7.20. The summed E-state index contributed by atoms with van der Waals surface area (Å²) in [6, 6.07) is 7.27. The first-order valence-electron chi connectivity index (χ1n) is 8.46. The quantitative estimate of drug-likeness (QED) is 0.678. The first-order valence-corrected chi connectivity index (χ1v) is 8.46. The van der Waals surface area contributed by atoms with Gasteiger partial charge in [0.05, 0.1) is 18.9 Å². The van der Waals surface area contributed by atoms with E-state index in [0.717, 1.165) is 25.0 Å². The van der Waals surface area contributed by atoms with Crippen molar-refractivity contribution in [2.75, 3.05) is 23.8 Å². The smallest absolute Gasteiger partial charge is 0.323 e. The molecular formula is C19H22F2N2O3. The number of anilines is 2. The van der Waals surface area contributed by atoms with Crippen LogP contribution in [-0.2, 0) is 0 Å². The van der Waals surface area contributed by atoms with E-state index >= 15 is 0 Å². The van der Waals surface area contributed by atoms with Gasteiger partial charge in [-0.05, 0) is 37.1 Å². The van der Waals surface area contributed by atoms with E-state index in [1.54, 1.807) is 18.2 Å². The fraction of sp³-hybridized carbons (Fsp3) is 0.316. The maximum atomic E-state index is 13.6. The maximum absolute atomic E-state index is 13.6. The third-order valence-electron chi connectivity index (χ3n) is 3.30. The number of hydrogen-bond donors (Lipinski definition) is 2. The standard InChI is InChI=1S/C19H22F2N2O3/c1-3-9-25-17-8-6-14(12-18(17)26-10-4-2)22-19(24)23-16-7-5-13(20)11-15(16)21/h5-8,11-12H,3-4,9-10H2,1-2H3,(H2,22,23,24). The van der Waals surface area contributed by atoms with Crippen LogP contribution in [0.1, 0.15) is 26.7 Å². The maximum Gasteiger partial charge on any atom is 0.323 e. The van der Waals surface area contributed by atoms with E-state index in [0.29, 0.717) is 36.5 Å². The summed E-state index contributed by atoms with van der Waals surface area (Å²) >= 11 is 0. The Morgan fingerprint density at radius 2 is 1.62 bits per heavy atom. The Morgan fingerprint density at radius 3 is 2.27 bits per heavy atom. The lowest BCUT2D eigenvalue weighted by Crippen LogP contribution is -2.20. The molecule has 2 amide bonds. The predicted octanol–water partition coefficient (Wildman–Crippen LogP) is 5.19. The topological polar surface area (TPSA) is 59.6 Å². The van der Waals surface area contributed by atoms with E-state index in [1.807, 2.05) is 13.8 Å². The lowest BCUT2D eigenvalue weighted by atomic mass is 10.2. The molecule has 0 spiro atoms. The van der Waals surface area contributed by atoms with Crippen molar-refractivity contribution in [3.05, 3.63) is 48.0 Å². The van der Waals surface area contributed by atoms with E-state index in [1.165, 1.54) is 0 Å². The molecule has 0 fully saturated rings. The van der Waals surface area contributed by atoms with Gasteiger partial charge in [0, 0.05) is 17.8 Å². The number of ether oxygens (including phenoxy) is 2. The van der Waals surface area contributed by atoms with Crippen LogP contribution in [0.3, 0.4) is 0 Å². The number of carbonyl (C=O) groups excluding carboxylic acids is 1. The van der Waals surface area contributed by atoms with E-state index < -0.39 is 17.7 Å². The number of benzene rings is 2. The fourth-order valence-corrected chi connectivity index (χ4v) is 2.12. The highest BCUT2D eigenvalue weighted by Crippen LogP contribution is 2.31. The van der Waals surface area contributed by atoms with Crippen molar-refractivity contribution >= 4 is 17.4 Å². The molecule has 26 heavy (non-hydrogen) atoms. The highest BCUT2D eigenvalue weighted by molar-refractivity contribution is 6.00. The van der Waals surface area contributed by atoms with E-state index in [9.17, 15) is 13.6 Å². The SMILES string of the molecule is CCCOc1ccc(NC(=O)Nc2ccc(F)cc2F)cc1OCCC. The average Bonchev–Trinajstić information content (AvgIpc) is 2.61. The van der Waals surface area contributed by atoms with E-state index in [4.69, 9.17) is 9.47 Å². The van der Waals surface area contributed by atoms with Gasteiger partial charge >= 0.3 is 6.03 Å². The molecule has 0 heterocycles. The molecule has 0 radical (unpaired) electrons. The highest BCUT2D eigenvalue weighted by atomic mass is 19.1. The van der Waals surface area contributed by atoms with Gasteiger partial charge in [-0.25, -0.2) is 13.6 Å². The molecule has 2 aromatic carbocycles. The Labute approximate surface area is 151 Å². The molecule has 2 aromatic rings. The lowest BCUT2D eigenvalue weighted by molar-refractivity contribution is 0.261. The van der Waals surface area contributed by atoms with Gasteiger partial charge in [0.15, 0.2) is 11.5 Å². The minimum atomic E-state index is -0.851. The normalized spacial score (nSPS) is 10.3. The van der Waals surface area contributed by atoms with Gasteiger partial charge in [0.25, 0.3) is 0 Å². The second-order valence-corrected chi connectivity index (χ2v) is 5.56. The number of rotatable bonds is 8. The molecule has 2 N–H and O–H groups in total. The summed E-state index contributed by atoms with van der Waals surface area (Å²) in [6.07, 6.45) is 1.69. The minimum absolute atomic E-state index is 0.116. The van der Waals surface area contributed by atoms with Gasteiger partial charge in [-0.2, -0.15) is 0 Å². The Bertz CT molecular complexity index is 754. The number of amides is 2. The zero-order valence-electron chi connectivity index (χ0n) is 14.8. The second kappa shape index (κ2) is 9.60. The molecule has 0 saturated carbocycles. The summed E-state index contributed by atoms with van der Waals surface area (Å²) in [5.41, 5.74) is 0.342. The summed E-state index contributed by atoms with van der Waals surface area (Å²) < 4.78 is 37.8. The van der Waals surface area contributed by atoms with Crippen LogP contribution in [0.15, 0.2) is 36.4 Å². The van der Waals surface area contributed by atoms with Crippen LogP contribution in [0.4, 0.5) is 25.0 Å². The summed E-state index contributed by atoms with van der Waals surface area (Å²) in [7, 11) is 0. The molecule has 0 atom stereocenters. The van der Waals surface area contributed by atoms with Crippen molar-refractivity contribution in [2.24, 2.45) is 0 Å². The molecular weight excluding hydrogens is 342 g/mol. The molecule has 0 aliphatic carbocycles. The van der Waals surface area contributed by atoms with Gasteiger partial charge in [0.1, 0.15) is 11.6 Å². The Balaban J connectivity index is 2.08. The summed E-state index contributed by atoms with van der Waals surface area (Å²) in [4.78, 5) is 12.0. The molecule has 2 rings (SSSR count). The van der Waals surface area contributed by atoms with Crippen molar-refractivity contribution in [1.82, 2.24) is 0 Å². The predicted molar refractivity (Wildman–Crippen MR) is 97.0 cm³/mol. The monoisotopic (exact) mass is 364 g/mol. The van der Waals surface area contributed by atoms with Gasteiger partial charge in [-0.3, -0.25) is 0 Å². The second-order valence-electron chi connectivity index (χ2n) is 5.56. The minimum Gasteiger partial charge on any atom is -0.490 e. The Hall–Kier alpha value is -2.83. The average molecular weight is 364 g/mol. The molecule has 0 aliphatic heterocycles. The van der Waals surface area contributed by atoms with E-state index in [2.05, 4.69) is 10.6 Å². The van der Waals surface area contributed by atoms with Crippen molar-refractivity contribution in [3.63, 3.8) is 0 Å².